The van der Waals surface area contributed by atoms with Gasteiger partial charge in [-0.2, -0.15) is 0 Å². The molecule has 0 aromatic heterocycles. The molecule has 0 unspecified atom stereocenters. The summed E-state index contributed by atoms with van der Waals surface area (Å²) in [6, 6.07) is 0. The van der Waals surface area contributed by atoms with Crippen LogP contribution in [0.4, 0.5) is 0 Å². The fourth-order valence-corrected chi connectivity index (χ4v) is 0.583. The molecule has 0 atom stereocenters. The molecule has 0 fully saturated rings. The molecule has 0 aliphatic carbocycles. The van der Waals surface area contributed by atoms with Crippen molar-refractivity contribution < 1.29 is 0 Å². The molecule has 6 N–H and O–H groups in total. The molecule has 4 heteroatoms. The largest absolute Gasteiger partial charge is 0.390 e. The molecule has 14 heavy (non-hydrogen) atoms. The predicted octanol–water partition coefficient (Wildman–Crippen LogP) is 1.16. The molecule has 0 heterocycles. The molecule has 0 aliphatic heterocycles. The van der Waals surface area contributed by atoms with Gasteiger partial charge in [0.1, 0.15) is 0 Å². The average Bonchev–Trinajstić information content (AvgIpc) is 2.07. The van der Waals surface area contributed by atoms with Crippen molar-refractivity contribution in [1.29, 1.82) is 5.41 Å². The smallest absolute Gasteiger partial charge is 0.0765 e. The first-order chi connectivity index (χ1) is 6.60. The van der Waals surface area contributed by atoms with Gasteiger partial charge in [-0.25, -0.2) is 0 Å². The predicted molar refractivity (Wildman–Crippen MR) is 65.7 cm³/mol. The summed E-state index contributed by atoms with van der Waals surface area (Å²) < 4.78 is 0. The van der Waals surface area contributed by atoms with Crippen LogP contribution in [0.5, 0.6) is 0 Å². The Bertz CT molecular complexity index is 82.2. The highest BCUT2D eigenvalue weighted by Gasteiger charge is 1.85. The Balaban J connectivity index is -0.000000138. The van der Waals surface area contributed by atoms with E-state index in [1.165, 1.54) is 6.42 Å². The Morgan fingerprint density at radius 1 is 1.43 bits per heavy atom. The summed E-state index contributed by atoms with van der Waals surface area (Å²) in [6.45, 7) is 8.47. The number of hydrogen-bond acceptors (Lipinski definition) is 3. The van der Waals surface area contributed by atoms with Crippen molar-refractivity contribution >= 4 is 6.34 Å². The molecular weight excluding hydrogens is 176 g/mol. The van der Waals surface area contributed by atoms with Gasteiger partial charge < -0.3 is 16.8 Å². The molecule has 0 spiro atoms. The fourth-order valence-electron chi connectivity index (χ4n) is 0.583. The van der Waals surface area contributed by atoms with E-state index < -0.39 is 0 Å². The van der Waals surface area contributed by atoms with Crippen molar-refractivity contribution in [3.05, 3.63) is 0 Å². The van der Waals surface area contributed by atoms with Gasteiger partial charge in [0.2, 0.25) is 0 Å². The monoisotopic (exact) mass is 204 g/mol. The van der Waals surface area contributed by atoms with Gasteiger partial charge in [-0.1, -0.05) is 20.8 Å². The maximum absolute atomic E-state index is 5.86. The molecular formula is C10H28N4. The van der Waals surface area contributed by atoms with Crippen LogP contribution in [0.1, 0.15) is 33.6 Å². The first-order valence-electron chi connectivity index (χ1n) is 5.15. The van der Waals surface area contributed by atoms with E-state index in [0.717, 1.165) is 31.8 Å². The van der Waals surface area contributed by atoms with Crippen LogP contribution in [0.3, 0.4) is 0 Å². The van der Waals surface area contributed by atoms with E-state index in [0.29, 0.717) is 0 Å². The highest BCUT2D eigenvalue weighted by Crippen LogP contribution is 1.93. The van der Waals surface area contributed by atoms with E-state index >= 15 is 0 Å². The number of hydrogen-bond donors (Lipinski definition) is 4. The molecule has 0 saturated heterocycles. The van der Waals surface area contributed by atoms with Gasteiger partial charge in [0.25, 0.3) is 0 Å². The van der Waals surface area contributed by atoms with Gasteiger partial charge in [0, 0.05) is 0 Å². The third-order valence-corrected chi connectivity index (χ3v) is 1.24. The van der Waals surface area contributed by atoms with E-state index in [4.69, 9.17) is 11.1 Å². The van der Waals surface area contributed by atoms with Gasteiger partial charge in [-0.3, -0.25) is 5.41 Å². The molecule has 0 aromatic rings. The quantitative estimate of drug-likeness (QED) is 0.409. The summed E-state index contributed by atoms with van der Waals surface area (Å²) in [7, 11) is 1.96. The molecule has 0 radical (unpaired) electrons. The lowest BCUT2D eigenvalue weighted by molar-refractivity contribution is 0.596. The lowest BCUT2D eigenvalue weighted by Gasteiger charge is -1.96. The zero-order valence-corrected chi connectivity index (χ0v) is 10.1. The van der Waals surface area contributed by atoms with Gasteiger partial charge in [0.15, 0.2) is 0 Å². The van der Waals surface area contributed by atoms with E-state index in [-0.39, 0.29) is 0 Å². The molecule has 0 bridgehead atoms. The van der Waals surface area contributed by atoms with Crippen LogP contribution in [-0.2, 0) is 0 Å². The summed E-state index contributed by atoms with van der Waals surface area (Å²) in [6.07, 6.45) is 3.14. The highest BCUT2D eigenvalue weighted by atomic mass is 14.8. The third-order valence-electron chi connectivity index (χ3n) is 1.24. The normalized spacial score (nSPS) is 8.14. The minimum absolute atomic E-state index is 0.750. The standard InChI is InChI=1S/C5H13N.C4H11N.CH4N2/c1-5(2)3-4-6;1-3-4-5-2;2-1-3/h5H,3-4,6H2,1-2H3;5H,3-4H2,1-2H3;1H,(H3,2,3). The minimum Gasteiger partial charge on any atom is -0.390 e. The first-order valence-corrected chi connectivity index (χ1v) is 5.15. The molecule has 88 valence electrons. The van der Waals surface area contributed by atoms with Crippen LogP contribution in [0.15, 0.2) is 0 Å². The second-order valence-corrected chi connectivity index (χ2v) is 3.24. The SMILES string of the molecule is CC(C)CCN.CCCNC.N=CN. The lowest BCUT2D eigenvalue weighted by atomic mass is 10.1. The maximum Gasteiger partial charge on any atom is 0.0765 e. The first kappa shape index (κ1) is 19.0. The Labute approximate surface area is 89.0 Å². The van der Waals surface area contributed by atoms with Crippen LogP contribution in [-0.4, -0.2) is 26.5 Å². The minimum atomic E-state index is 0.750. The Morgan fingerprint density at radius 3 is 1.86 bits per heavy atom. The van der Waals surface area contributed by atoms with Crippen molar-refractivity contribution in [2.75, 3.05) is 20.1 Å². The zero-order valence-electron chi connectivity index (χ0n) is 10.1. The second kappa shape index (κ2) is 22.8. The van der Waals surface area contributed by atoms with E-state index in [1.54, 1.807) is 0 Å². The molecule has 0 aromatic carbocycles. The summed E-state index contributed by atoms with van der Waals surface area (Å²) in [5.74, 6) is 0.773. The summed E-state index contributed by atoms with van der Waals surface area (Å²) >= 11 is 0. The van der Waals surface area contributed by atoms with Crippen molar-refractivity contribution in [2.24, 2.45) is 17.4 Å². The van der Waals surface area contributed by atoms with Crippen molar-refractivity contribution in [3.8, 4) is 0 Å². The molecule has 0 rings (SSSR count). The Hall–Kier alpha value is -0.610. The van der Waals surface area contributed by atoms with Crippen LogP contribution in [0, 0.1) is 11.3 Å². The zero-order chi connectivity index (χ0) is 11.8. The van der Waals surface area contributed by atoms with Crippen LogP contribution >= 0.6 is 0 Å². The summed E-state index contributed by atoms with van der Waals surface area (Å²) in [4.78, 5) is 0. The fraction of sp³-hybridized carbons (Fsp3) is 0.900. The van der Waals surface area contributed by atoms with E-state index in [9.17, 15) is 0 Å². The second-order valence-electron chi connectivity index (χ2n) is 3.24. The molecule has 0 saturated carbocycles. The van der Waals surface area contributed by atoms with Crippen LogP contribution < -0.4 is 16.8 Å². The van der Waals surface area contributed by atoms with E-state index in [2.05, 4.69) is 31.8 Å². The highest BCUT2D eigenvalue weighted by molar-refractivity contribution is 5.46. The third kappa shape index (κ3) is 63.8. The van der Waals surface area contributed by atoms with E-state index in [1.807, 2.05) is 7.05 Å². The van der Waals surface area contributed by atoms with Crippen LogP contribution in [0.2, 0.25) is 0 Å². The Morgan fingerprint density at radius 2 is 1.86 bits per heavy atom. The van der Waals surface area contributed by atoms with Gasteiger partial charge in [-0.15, -0.1) is 0 Å². The van der Waals surface area contributed by atoms with Crippen molar-refractivity contribution in [3.63, 3.8) is 0 Å². The summed E-state index contributed by atoms with van der Waals surface area (Å²) in [5, 5.41) is 8.88. The lowest BCUT2D eigenvalue weighted by Crippen LogP contribution is -2.04. The molecule has 0 amide bonds. The summed E-state index contributed by atoms with van der Waals surface area (Å²) in [5.41, 5.74) is 9.62. The van der Waals surface area contributed by atoms with Gasteiger partial charge in [-0.05, 0) is 38.9 Å². The van der Waals surface area contributed by atoms with Crippen molar-refractivity contribution in [1.82, 2.24) is 5.32 Å². The molecule has 0 aliphatic rings. The maximum atomic E-state index is 5.86. The van der Waals surface area contributed by atoms with Gasteiger partial charge >= 0.3 is 0 Å². The van der Waals surface area contributed by atoms with Gasteiger partial charge in [0.05, 0.1) is 6.34 Å². The van der Waals surface area contributed by atoms with Crippen molar-refractivity contribution in [2.45, 2.75) is 33.6 Å². The number of nitrogens with two attached hydrogens (primary N) is 2. The number of rotatable bonds is 4. The average molecular weight is 204 g/mol. The molecule has 4 nitrogen and oxygen atoms in total. The number of nitrogens with one attached hydrogen (secondary N) is 2. The van der Waals surface area contributed by atoms with Crippen LogP contribution in [0.25, 0.3) is 0 Å². The Kier molecular flexibility index (Phi) is 31.1. The topological polar surface area (TPSA) is 87.9 Å².